The lowest BCUT2D eigenvalue weighted by Crippen LogP contribution is -2.14. The van der Waals surface area contributed by atoms with Crippen molar-refractivity contribution < 1.29 is 5.21 Å². The highest BCUT2D eigenvalue weighted by molar-refractivity contribution is 6.34. The van der Waals surface area contributed by atoms with Gasteiger partial charge in [0.25, 0.3) is 0 Å². The summed E-state index contributed by atoms with van der Waals surface area (Å²) in [5, 5.41) is 16.3. The van der Waals surface area contributed by atoms with Gasteiger partial charge in [-0.1, -0.05) is 16.8 Å². The van der Waals surface area contributed by atoms with Crippen LogP contribution in [0.15, 0.2) is 29.4 Å². The number of nitrogens with two attached hydrogens (primary N) is 1. The molecule has 0 spiro atoms. The van der Waals surface area contributed by atoms with Crippen LogP contribution in [0.5, 0.6) is 0 Å². The van der Waals surface area contributed by atoms with Crippen LogP contribution in [0.25, 0.3) is 5.69 Å². The number of nitrogens with zero attached hydrogens (tertiary/aromatic N) is 3. The standard InChI is InChI=1S/C12H13ClN4O/c1-7-5-8(2)17(15-7)9-3-4-10(11(13)6-9)12(14)16-18/h3-6,18H,1-2H3,(H2,14,16). The summed E-state index contributed by atoms with van der Waals surface area (Å²) in [5.41, 5.74) is 8.78. The number of aromatic nitrogens is 2. The van der Waals surface area contributed by atoms with E-state index in [2.05, 4.69) is 10.3 Å². The average molecular weight is 265 g/mol. The molecule has 0 amide bonds. The molecule has 0 aliphatic carbocycles. The number of halogens is 1. The predicted molar refractivity (Wildman–Crippen MR) is 70.6 cm³/mol. The van der Waals surface area contributed by atoms with Crippen LogP contribution < -0.4 is 5.73 Å². The first kappa shape index (κ1) is 12.4. The highest BCUT2D eigenvalue weighted by atomic mass is 35.5. The first-order valence-electron chi connectivity index (χ1n) is 5.34. The van der Waals surface area contributed by atoms with Gasteiger partial charge in [0.2, 0.25) is 0 Å². The van der Waals surface area contributed by atoms with Crippen molar-refractivity contribution in [2.24, 2.45) is 10.9 Å². The van der Waals surface area contributed by atoms with Gasteiger partial charge in [0.1, 0.15) is 0 Å². The van der Waals surface area contributed by atoms with Gasteiger partial charge >= 0.3 is 0 Å². The molecule has 0 saturated heterocycles. The van der Waals surface area contributed by atoms with Crippen molar-refractivity contribution in [3.63, 3.8) is 0 Å². The SMILES string of the molecule is Cc1cc(C)n(-c2ccc(/C(N)=N/O)c(Cl)c2)n1. The summed E-state index contributed by atoms with van der Waals surface area (Å²) < 4.78 is 1.79. The molecule has 0 bridgehead atoms. The second-order valence-electron chi connectivity index (χ2n) is 3.99. The molecule has 1 aromatic carbocycles. The van der Waals surface area contributed by atoms with Crippen molar-refractivity contribution in [3.8, 4) is 5.69 Å². The van der Waals surface area contributed by atoms with Crippen LogP contribution in [0.3, 0.4) is 0 Å². The fraction of sp³-hybridized carbons (Fsp3) is 0.167. The highest BCUT2D eigenvalue weighted by Crippen LogP contribution is 2.21. The monoisotopic (exact) mass is 264 g/mol. The summed E-state index contributed by atoms with van der Waals surface area (Å²) in [6, 6.07) is 7.22. The summed E-state index contributed by atoms with van der Waals surface area (Å²) in [6.07, 6.45) is 0. The van der Waals surface area contributed by atoms with E-state index in [4.69, 9.17) is 22.5 Å². The van der Waals surface area contributed by atoms with Gasteiger partial charge in [0.05, 0.1) is 16.4 Å². The van der Waals surface area contributed by atoms with Crippen LogP contribution in [0.2, 0.25) is 5.02 Å². The van der Waals surface area contributed by atoms with E-state index in [-0.39, 0.29) is 5.84 Å². The fourth-order valence-electron chi connectivity index (χ4n) is 1.79. The second kappa shape index (κ2) is 4.70. The molecular formula is C12H13ClN4O. The Hall–Kier alpha value is -2.01. The molecule has 0 unspecified atom stereocenters. The first-order chi connectivity index (χ1) is 8.52. The lowest BCUT2D eigenvalue weighted by molar-refractivity contribution is 0.318. The molecule has 6 heteroatoms. The van der Waals surface area contributed by atoms with E-state index >= 15 is 0 Å². The van der Waals surface area contributed by atoms with Crippen LogP contribution in [0, 0.1) is 13.8 Å². The highest BCUT2D eigenvalue weighted by Gasteiger charge is 2.09. The molecule has 5 nitrogen and oxygen atoms in total. The topological polar surface area (TPSA) is 76.4 Å². The Morgan fingerprint density at radius 2 is 2.11 bits per heavy atom. The van der Waals surface area contributed by atoms with Crippen molar-refractivity contribution in [2.45, 2.75) is 13.8 Å². The molecular weight excluding hydrogens is 252 g/mol. The van der Waals surface area contributed by atoms with E-state index < -0.39 is 0 Å². The van der Waals surface area contributed by atoms with Crippen LogP contribution in [0.1, 0.15) is 17.0 Å². The molecule has 0 atom stereocenters. The number of amidine groups is 1. The van der Waals surface area contributed by atoms with Crippen molar-refractivity contribution in [3.05, 3.63) is 46.2 Å². The number of hydrogen-bond donors (Lipinski definition) is 2. The van der Waals surface area contributed by atoms with E-state index in [1.807, 2.05) is 26.0 Å². The van der Waals surface area contributed by atoms with Crippen LogP contribution in [-0.2, 0) is 0 Å². The zero-order valence-electron chi connectivity index (χ0n) is 10.1. The lowest BCUT2D eigenvalue weighted by Gasteiger charge is -2.07. The Kier molecular flexibility index (Phi) is 3.25. The van der Waals surface area contributed by atoms with Crippen molar-refractivity contribution in [1.29, 1.82) is 0 Å². The molecule has 0 radical (unpaired) electrons. The normalized spacial score (nSPS) is 11.8. The zero-order valence-corrected chi connectivity index (χ0v) is 10.8. The number of aryl methyl sites for hydroxylation is 2. The molecule has 1 aromatic heterocycles. The molecule has 2 aromatic rings. The zero-order chi connectivity index (χ0) is 13.3. The van der Waals surface area contributed by atoms with Gasteiger partial charge in [0.15, 0.2) is 5.84 Å². The van der Waals surface area contributed by atoms with E-state index in [9.17, 15) is 0 Å². The largest absolute Gasteiger partial charge is 0.409 e. The summed E-state index contributed by atoms with van der Waals surface area (Å²) in [6.45, 7) is 3.89. The van der Waals surface area contributed by atoms with E-state index in [0.717, 1.165) is 17.1 Å². The summed E-state index contributed by atoms with van der Waals surface area (Å²) in [5.74, 6) is -0.0140. The van der Waals surface area contributed by atoms with Crippen molar-refractivity contribution in [1.82, 2.24) is 9.78 Å². The van der Waals surface area contributed by atoms with Gasteiger partial charge in [-0.25, -0.2) is 4.68 Å². The third-order valence-corrected chi connectivity index (χ3v) is 2.90. The summed E-state index contributed by atoms with van der Waals surface area (Å²) in [4.78, 5) is 0. The van der Waals surface area contributed by atoms with E-state index in [0.29, 0.717) is 10.6 Å². The maximum absolute atomic E-state index is 8.63. The third kappa shape index (κ3) is 2.17. The van der Waals surface area contributed by atoms with Gasteiger partial charge in [-0.15, -0.1) is 0 Å². The quantitative estimate of drug-likeness (QED) is 0.378. The molecule has 94 valence electrons. The van der Waals surface area contributed by atoms with Gasteiger partial charge in [0, 0.05) is 11.3 Å². The minimum absolute atomic E-state index is 0.0140. The van der Waals surface area contributed by atoms with Crippen LogP contribution in [-0.4, -0.2) is 20.8 Å². The molecule has 0 saturated carbocycles. The second-order valence-corrected chi connectivity index (χ2v) is 4.40. The summed E-state index contributed by atoms with van der Waals surface area (Å²) >= 11 is 6.10. The average Bonchev–Trinajstić information content (AvgIpc) is 2.67. The molecule has 0 fully saturated rings. The molecule has 18 heavy (non-hydrogen) atoms. The number of oxime groups is 1. The number of rotatable bonds is 2. The predicted octanol–water partition coefficient (Wildman–Crippen LogP) is 2.24. The molecule has 0 aliphatic heterocycles. The molecule has 0 aliphatic rings. The van der Waals surface area contributed by atoms with Gasteiger partial charge < -0.3 is 10.9 Å². The Labute approximate surface area is 109 Å². The van der Waals surface area contributed by atoms with Gasteiger partial charge in [-0.2, -0.15) is 5.10 Å². The Morgan fingerprint density at radius 1 is 1.39 bits per heavy atom. The minimum Gasteiger partial charge on any atom is -0.409 e. The van der Waals surface area contributed by atoms with Gasteiger partial charge in [-0.05, 0) is 38.1 Å². The third-order valence-electron chi connectivity index (χ3n) is 2.59. The number of hydrogen-bond acceptors (Lipinski definition) is 3. The van der Waals surface area contributed by atoms with Crippen molar-refractivity contribution >= 4 is 17.4 Å². The molecule has 3 N–H and O–H groups in total. The van der Waals surface area contributed by atoms with Gasteiger partial charge in [-0.3, -0.25) is 0 Å². The van der Waals surface area contributed by atoms with Crippen molar-refractivity contribution in [2.75, 3.05) is 0 Å². The maximum atomic E-state index is 8.63. The van der Waals surface area contributed by atoms with E-state index in [1.54, 1.807) is 16.8 Å². The van der Waals surface area contributed by atoms with Crippen LogP contribution >= 0.6 is 11.6 Å². The smallest absolute Gasteiger partial charge is 0.171 e. The Balaban J connectivity index is 2.50. The minimum atomic E-state index is -0.0140. The Morgan fingerprint density at radius 3 is 2.61 bits per heavy atom. The lowest BCUT2D eigenvalue weighted by atomic mass is 10.2. The summed E-state index contributed by atoms with van der Waals surface area (Å²) in [7, 11) is 0. The van der Waals surface area contributed by atoms with E-state index in [1.165, 1.54) is 0 Å². The van der Waals surface area contributed by atoms with Crippen LogP contribution in [0.4, 0.5) is 0 Å². The maximum Gasteiger partial charge on any atom is 0.171 e. The molecule has 1 heterocycles. The number of benzene rings is 1. The first-order valence-corrected chi connectivity index (χ1v) is 5.72. The Bertz CT molecular complexity index is 619. The fourth-order valence-corrected chi connectivity index (χ4v) is 2.06. The molecule has 2 rings (SSSR count).